The fraction of sp³-hybridized carbons (Fsp3) is 0.333. The van der Waals surface area contributed by atoms with Crippen LogP contribution < -0.4 is 10.2 Å². The molecular weight excluding hydrogens is 482 g/mol. The Hall–Kier alpha value is -3.90. The zero-order valence-corrected chi connectivity index (χ0v) is 20.4. The van der Waals surface area contributed by atoms with Gasteiger partial charge in [0, 0.05) is 39.1 Å². The van der Waals surface area contributed by atoms with E-state index < -0.39 is 23.8 Å². The Morgan fingerprint density at radius 3 is 2.50 bits per heavy atom. The summed E-state index contributed by atoms with van der Waals surface area (Å²) in [7, 11) is 0. The number of benzene rings is 1. The minimum atomic E-state index is -0.766. The van der Waals surface area contributed by atoms with Gasteiger partial charge in [0.15, 0.2) is 0 Å². The zero-order chi connectivity index (χ0) is 25.0. The number of amides is 5. The van der Waals surface area contributed by atoms with Crippen molar-refractivity contribution >= 4 is 51.1 Å². The van der Waals surface area contributed by atoms with Gasteiger partial charge in [-0.1, -0.05) is 6.07 Å². The van der Waals surface area contributed by atoms with Crippen molar-refractivity contribution in [3.8, 4) is 0 Å². The molecule has 2 aromatic heterocycles. The second-order valence-corrected chi connectivity index (χ2v) is 9.92. The molecule has 3 aromatic rings. The molecule has 3 aliphatic heterocycles. The standard InChI is InChI=1S/C24H23N7O4S/c1-14-25-20(17-5-11-36-21(17)26-14)29-9-7-28(8-10-29)13-15-2-3-16-18(12-15)23(34)31(22(16)33)30-6-4-19(32)27-24(30)35/h2-3,5,11-12H,4,6-10,13H2,1H3,(H,27,32,35). The van der Waals surface area contributed by atoms with Gasteiger partial charge in [0.2, 0.25) is 5.91 Å². The second kappa shape index (κ2) is 8.64. The third-order valence-electron chi connectivity index (χ3n) is 6.70. The number of carbonyl (C=O) groups is 4. The van der Waals surface area contributed by atoms with E-state index in [2.05, 4.69) is 26.2 Å². The summed E-state index contributed by atoms with van der Waals surface area (Å²) in [4.78, 5) is 64.4. The fourth-order valence-electron chi connectivity index (χ4n) is 4.90. The number of hydrazine groups is 1. The molecule has 5 heterocycles. The molecular formula is C24H23N7O4S. The lowest BCUT2D eigenvalue weighted by Gasteiger charge is -2.35. The van der Waals surface area contributed by atoms with Gasteiger partial charge in [0.1, 0.15) is 16.5 Å². The third kappa shape index (κ3) is 3.78. The minimum Gasteiger partial charge on any atom is -0.353 e. The van der Waals surface area contributed by atoms with Crippen LogP contribution in [0.3, 0.4) is 0 Å². The van der Waals surface area contributed by atoms with Gasteiger partial charge in [-0.05, 0) is 36.1 Å². The van der Waals surface area contributed by atoms with Crippen LogP contribution in [-0.2, 0) is 11.3 Å². The van der Waals surface area contributed by atoms with E-state index in [1.165, 1.54) is 0 Å². The molecule has 36 heavy (non-hydrogen) atoms. The number of urea groups is 1. The largest absolute Gasteiger partial charge is 0.353 e. The molecule has 0 aliphatic carbocycles. The number of piperazine rings is 1. The summed E-state index contributed by atoms with van der Waals surface area (Å²) in [5.74, 6) is 0.209. The summed E-state index contributed by atoms with van der Waals surface area (Å²) in [5, 5.41) is 7.11. The summed E-state index contributed by atoms with van der Waals surface area (Å²) < 4.78 is 0. The summed E-state index contributed by atoms with van der Waals surface area (Å²) in [6.07, 6.45) is 0.0306. The van der Waals surface area contributed by atoms with Crippen LogP contribution in [-0.4, -0.2) is 81.4 Å². The Morgan fingerprint density at radius 1 is 0.944 bits per heavy atom. The van der Waals surface area contributed by atoms with Crippen molar-refractivity contribution < 1.29 is 19.2 Å². The van der Waals surface area contributed by atoms with Crippen LogP contribution in [0.1, 0.15) is 38.5 Å². The number of anilines is 1. The number of hydrogen-bond acceptors (Lipinski definition) is 9. The van der Waals surface area contributed by atoms with Crippen molar-refractivity contribution in [1.82, 2.24) is 30.2 Å². The maximum Gasteiger partial charge on any atom is 0.343 e. The number of imide groups is 2. The van der Waals surface area contributed by atoms with Crippen LogP contribution in [0.4, 0.5) is 10.6 Å². The number of nitrogens with one attached hydrogen (secondary N) is 1. The van der Waals surface area contributed by atoms with Gasteiger partial charge in [-0.3, -0.25) is 24.6 Å². The molecule has 0 unspecified atom stereocenters. The Labute approximate surface area is 210 Å². The van der Waals surface area contributed by atoms with E-state index >= 15 is 0 Å². The topological polar surface area (TPSA) is 119 Å². The molecule has 0 saturated carbocycles. The van der Waals surface area contributed by atoms with Gasteiger partial charge in [0.05, 0.1) is 23.1 Å². The zero-order valence-electron chi connectivity index (χ0n) is 19.6. The Kier molecular flexibility index (Phi) is 5.41. The first-order valence-corrected chi connectivity index (χ1v) is 12.6. The first kappa shape index (κ1) is 22.6. The van der Waals surface area contributed by atoms with Crippen molar-refractivity contribution in [2.45, 2.75) is 19.9 Å². The average molecular weight is 506 g/mol. The van der Waals surface area contributed by atoms with Crippen molar-refractivity contribution in [2.75, 3.05) is 37.6 Å². The third-order valence-corrected chi connectivity index (χ3v) is 7.50. The normalized spacial score (nSPS) is 18.9. The van der Waals surface area contributed by atoms with Crippen LogP contribution in [0.2, 0.25) is 0 Å². The minimum absolute atomic E-state index is 0.0170. The molecule has 2 fully saturated rings. The maximum atomic E-state index is 13.1. The van der Waals surface area contributed by atoms with Crippen LogP contribution in [0.25, 0.3) is 10.2 Å². The first-order valence-electron chi connectivity index (χ1n) is 11.7. The number of aromatic nitrogens is 2. The van der Waals surface area contributed by atoms with Gasteiger partial charge < -0.3 is 4.90 Å². The van der Waals surface area contributed by atoms with Gasteiger partial charge in [-0.2, -0.15) is 5.01 Å². The van der Waals surface area contributed by atoms with E-state index in [0.29, 0.717) is 6.54 Å². The van der Waals surface area contributed by atoms with E-state index in [-0.39, 0.29) is 24.1 Å². The lowest BCUT2D eigenvalue weighted by Crippen LogP contribution is -2.58. The summed E-state index contributed by atoms with van der Waals surface area (Å²) in [6.45, 7) is 5.83. The Bertz CT molecular complexity index is 1430. The smallest absolute Gasteiger partial charge is 0.343 e. The summed E-state index contributed by atoms with van der Waals surface area (Å²) in [6, 6.07) is 6.53. The molecule has 3 aliphatic rings. The highest BCUT2D eigenvalue weighted by Gasteiger charge is 2.43. The molecule has 11 nitrogen and oxygen atoms in total. The van der Waals surface area contributed by atoms with Crippen molar-refractivity contribution in [1.29, 1.82) is 0 Å². The quantitative estimate of drug-likeness (QED) is 0.533. The van der Waals surface area contributed by atoms with Gasteiger partial charge >= 0.3 is 6.03 Å². The highest BCUT2D eigenvalue weighted by atomic mass is 32.1. The number of thiophene rings is 1. The van der Waals surface area contributed by atoms with Crippen molar-refractivity contribution in [3.63, 3.8) is 0 Å². The molecule has 5 amide bonds. The van der Waals surface area contributed by atoms with Crippen LogP contribution in [0, 0.1) is 6.92 Å². The highest BCUT2D eigenvalue weighted by molar-refractivity contribution is 7.16. The summed E-state index contributed by atoms with van der Waals surface area (Å²) in [5.41, 5.74) is 1.45. The van der Waals surface area contributed by atoms with Crippen molar-refractivity contribution in [2.24, 2.45) is 0 Å². The van der Waals surface area contributed by atoms with Crippen LogP contribution in [0.15, 0.2) is 29.6 Å². The number of aryl methyl sites for hydroxylation is 1. The van der Waals surface area contributed by atoms with E-state index in [1.54, 1.807) is 23.5 Å². The molecule has 12 heteroatoms. The molecule has 1 N–H and O–H groups in total. The predicted molar refractivity (Wildman–Crippen MR) is 131 cm³/mol. The molecule has 2 saturated heterocycles. The SMILES string of the molecule is Cc1nc(N2CCN(Cc3ccc4c(c3)C(=O)N(N3CCC(=O)NC3=O)C4=O)CC2)c2ccsc2n1. The predicted octanol–water partition coefficient (Wildman–Crippen LogP) is 1.77. The summed E-state index contributed by atoms with van der Waals surface area (Å²) >= 11 is 1.62. The lowest BCUT2D eigenvalue weighted by molar-refractivity contribution is -0.122. The van der Waals surface area contributed by atoms with Crippen LogP contribution >= 0.6 is 11.3 Å². The van der Waals surface area contributed by atoms with Crippen molar-refractivity contribution in [3.05, 3.63) is 52.2 Å². The van der Waals surface area contributed by atoms with E-state index in [1.807, 2.05) is 18.4 Å². The lowest BCUT2D eigenvalue weighted by atomic mass is 10.1. The molecule has 0 atom stereocenters. The molecule has 184 valence electrons. The molecule has 0 spiro atoms. The van der Waals surface area contributed by atoms with Gasteiger partial charge in [-0.15, -0.1) is 11.3 Å². The van der Waals surface area contributed by atoms with E-state index in [9.17, 15) is 19.2 Å². The average Bonchev–Trinajstić information content (AvgIpc) is 3.42. The molecule has 0 radical (unpaired) electrons. The molecule has 6 rings (SSSR count). The maximum absolute atomic E-state index is 13.1. The Balaban J connectivity index is 1.14. The van der Waals surface area contributed by atoms with Crippen LogP contribution in [0.5, 0.6) is 0 Å². The number of carbonyl (C=O) groups excluding carboxylic acids is 4. The monoisotopic (exact) mass is 505 g/mol. The molecule has 0 bridgehead atoms. The van der Waals surface area contributed by atoms with E-state index in [0.717, 1.165) is 63.6 Å². The second-order valence-electron chi connectivity index (χ2n) is 9.03. The first-order chi connectivity index (χ1) is 17.4. The van der Waals surface area contributed by atoms with Gasteiger partial charge in [0.25, 0.3) is 11.8 Å². The fourth-order valence-corrected chi connectivity index (χ4v) is 5.70. The van der Waals surface area contributed by atoms with Gasteiger partial charge in [-0.25, -0.2) is 19.8 Å². The number of hydrogen-bond donors (Lipinski definition) is 1. The highest BCUT2D eigenvalue weighted by Crippen LogP contribution is 2.30. The number of nitrogens with zero attached hydrogens (tertiary/aromatic N) is 6. The number of fused-ring (bicyclic) bond motifs is 2. The Morgan fingerprint density at radius 2 is 1.72 bits per heavy atom. The molecule has 1 aromatic carbocycles. The number of rotatable bonds is 4. The van der Waals surface area contributed by atoms with E-state index in [4.69, 9.17) is 4.98 Å².